The summed E-state index contributed by atoms with van der Waals surface area (Å²) in [4.78, 5) is 22.2. The van der Waals surface area contributed by atoms with Crippen molar-refractivity contribution < 1.29 is 9.63 Å². The first-order valence-corrected chi connectivity index (χ1v) is 10.5. The van der Waals surface area contributed by atoms with E-state index in [2.05, 4.69) is 48.6 Å². The minimum absolute atomic E-state index is 0.174. The van der Waals surface area contributed by atoms with Gasteiger partial charge in [0.1, 0.15) is 0 Å². The molecule has 30 heavy (non-hydrogen) atoms. The van der Waals surface area contributed by atoms with E-state index in [4.69, 9.17) is 16.6 Å². The topological polar surface area (TPSA) is 50.7 Å². The van der Waals surface area contributed by atoms with Crippen molar-refractivity contribution in [2.45, 2.75) is 18.7 Å². The summed E-state index contributed by atoms with van der Waals surface area (Å²) in [6, 6.07) is 16.1. The number of hydroxylamine groups is 1. The number of benzene rings is 2. The highest BCUT2D eigenvalue weighted by atomic mass is 35.5. The first-order chi connectivity index (χ1) is 14.4. The maximum atomic E-state index is 10.7. The SMILES string of the molecule is C=CC(C)C(=O)NOC.C=CC1=C(C)Sc2ccccc2C(c2ccc(Cl)cc2)=N1. The van der Waals surface area contributed by atoms with Gasteiger partial charge in [0.25, 0.3) is 0 Å². The number of aliphatic imine (C=N–C) groups is 1. The molecule has 4 nitrogen and oxygen atoms in total. The van der Waals surface area contributed by atoms with E-state index in [-0.39, 0.29) is 11.8 Å². The Hall–Kier alpha value is -2.60. The Kier molecular flexibility index (Phi) is 9.12. The molecular weight excluding hydrogens is 416 g/mol. The molecule has 0 fully saturated rings. The van der Waals surface area contributed by atoms with Crippen LogP contribution in [0.15, 0.2) is 94.3 Å². The maximum absolute atomic E-state index is 10.7. The van der Waals surface area contributed by atoms with E-state index in [1.807, 2.05) is 36.4 Å². The average molecular weight is 441 g/mol. The standard InChI is InChI=1S/C18H14ClNS.C6H11NO2/c1-3-16-12(2)21-17-7-5-4-6-15(17)18(20-16)13-8-10-14(19)11-9-13;1-4-5(2)6(8)7-9-3/h3-11H,1H2,2H3;4-5H,1H2,2-3H3,(H,7,8). The second-order valence-corrected chi connectivity index (χ2v) is 8.10. The lowest BCUT2D eigenvalue weighted by atomic mass is 10.0. The van der Waals surface area contributed by atoms with Gasteiger partial charge in [-0.05, 0) is 31.2 Å². The molecule has 3 rings (SSSR count). The molecule has 1 amide bonds. The van der Waals surface area contributed by atoms with Gasteiger partial charge in [0, 0.05) is 26.0 Å². The monoisotopic (exact) mass is 440 g/mol. The van der Waals surface area contributed by atoms with Crippen molar-refractivity contribution in [3.8, 4) is 0 Å². The first-order valence-electron chi connectivity index (χ1n) is 9.31. The summed E-state index contributed by atoms with van der Waals surface area (Å²) in [5.41, 5.74) is 6.26. The molecular formula is C24H25ClN2O2S. The molecule has 0 aliphatic carbocycles. The molecule has 1 unspecified atom stereocenters. The molecule has 1 aliphatic rings. The third kappa shape index (κ3) is 6.20. The van der Waals surface area contributed by atoms with E-state index < -0.39 is 0 Å². The number of carbonyl (C=O) groups excluding carboxylic acids is 1. The minimum atomic E-state index is -0.190. The summed E-state index contributed by atoms with van der Waals surface area (Å²) in [5.74, 6) is -0.363. The molecule has 1 atom stereocenters. The Labute approximate surface area is 187 Å². The van der Waals surface area contributed by atoms with Crippen LogP contribution in [0, 0.1) is 5.92 Å². The van der Waals surface area contributed by atoms with Crippen LogP contribution in [0.3, 0.4) is 0 Å². The normalized spacial score (nSPS) is 13.7. The number of allylic oxidation sites excluding steroid dienone is 2. The lowest BCUT2D eigenvalue weighted by Gasteiger charge is -2.09. The Balaban J connectivity index is 0.000000303. The molecule has 2 aromatic carbocycles. The third-order valence-corrected chi connectivity index (χ3v) is 5.62. The molecule has 0 bridgehead atoms. The summed E-state index contributed by atoms with van der Waals surface area (Å²) in [6.45, 7) is 11.1. The minimum Gasteiger partial charge on any atom is -0.277 e. The number of hydrogen-bond acceptors (Lipinski definition) is 4. The fraction of sp³-hybridized carbons (Fsp3) is 0.167. The zero-order valence-electron chi connectivity index (χ0n) is 17.3. The van der Waals surface area contributed by atoms with Crippen LogP contribution in [0.25, 0.3) is 0 Å². The number of carbonyl (C=O) groups is 1. The van der Waals surface area contributed by atoms with Crippen LogP contribution in [0.5, 0.6) is 0 Å². The van der Waals surface area contributed by atoms with Crippen molar-refractivity contribution in [3.63, 3.8) is 0 Å². The highest BCUT2D eigenvalue weighted by Crippen LogP contribution is 2.36. The van der Waals surface area contributed by atoms with Gasteiger partial charge in [-0.15, -0.1) is 6.58 Å². The zero-order valence-corrected chi connectivity index (χ0v) is 18.9. The number of nitrogens with zero attached hydrogens (tertiary/aromatic N) is 1. The quantitative estimate of drug-likeness (QED) is 0.445. The van der Waals surface area contributed by atoms with Crippen LogP contribution in [0.2, 0.25) is 5.02 Å². The number of nitrogens with one attached hydrogen (secondary N) is 1. The van der Waals surface area contributed by atoms with Gasteiger partial charge in [-0.2, -0.15) is 0 Å². The van der Waals surface area contributed by atoms with Crippen molar-refractivity contribution in [3.05, 3.63) is 101 Å². The Morgan fingerprint density at radius 1 is 1.20 bits per heavy atom. The lowest BCUT2D eigenvalue weighted by molar-refractivity contribution is -0.133. The molecule has 2 aromatic rings. The van der Waals surface area contributed by atoms with E-state index in [1.54, 1.807) is 24.8 Å². The number of halogens is 1. The molecule has 0 aromatic heterocycles. The van der Waals surface area contributed by atoms with Gasteiger partial charge in [-0.25, -0.2) is 10.5 Å². The van der Waals surface area contributed by atoms with Crippen LogP contribution < -0.4 is 5.48 Å². The van der Waals surface area contributed by atoms with Crippen LogP contribution in [0.4, 0.5) is 0 Å². The van der Waals surface area contributed by atoms with Gasteiger partial charge in [-0.3, -0.25) is 9.63 Å². The third-order valence-electron chi connectivity index (χ3n) is 4.28. The fourth-order valence-corrected chi connectivity index (χ4v) is 3.66. The van der Waals surface area contributed by atoms with Crippen molar-refractivity contribution in [1.29, 1.82) is 0 Å². The fourth-order valence-electron chi connectivity index (χ4n) is 2.55. The van der Waals surface area contributed by atoms with Crippen molar-refractivity contribution in [1.82, 2.24) is 5.48 Å². The highest BCUT2D eigenvalue weighted by Gasteiger charge is 2.17. The summed E-state index contributed by atoms with van der Waals surface area (Å²) in [7, 11) is 1.40. The number of thioether (sulfide) groups is 1. The predicted octanol–water partition coefficient (Wildman–Crippen LogP) is 6.19. The Morgan fingerprint density at radius 2 is 1.87 bits per heavy atom. The average Bonchev–Trinajstić information content (AvgIpc) is 2.90. The summed E-state index contributed by atoms with van der Waals surface area (Å²) in [5, 5.41) is 0.728. The smallest absolute Gasteiger partial charge is 0.250 e. The number of hydrogen-bond donors (Lipinski definition) is 1. The van der Waals surface area contributed by atoms with E-state index in [0.717, 1.165) is 32.5 Å². The molecule has 1 heterocycles. The summed E-state index contributed by atoms with van der Waals surface area (Å²) < 4.78 is 0. The van der Waals surface area contributed by atoms with Gasteiger partial charge in [0.2, 0.25) is 5.91 Å². The van der Waals surface area contributed by atoms with Gasteiger partial charge in [0.15, 0.2) is 0 Å². The highest BCUT2D eigenvalue weighted by molar-refractivity contribution is 8.03. The van der Waals surface area contributed by atoms with Gasteiger partial charge >= 0.3 is 0 Å². The van der Waals surface area contributed by atoms with Crippen LogP contribution >= 0.6 is 23.4 Å². The van der Waals surface area contributed by atoms with Gasteiger partial charge < -0.3 is 0 Å². The molecule has 6 heteroatoms. The Morgan fingerprint density at radius 3 is 2.47 bits per heavy atom. The molecule has 1 aliphatic heterocycles. The summed E-state index contributed by atoms with van der Waals surface area (Å²) in [6.07, 6.45) is 3.36. The van der Waals surface area contributed by atoms with Crippen LogP contribution in [-0.2, 0) is 9.63 Å². The second kappa shape index (κ2) is 11.6. The van der Waals surface area contributed by atoms with Crippen LogP contribution in [0.1, 0.15) is 25.0 Å². The van der Waals surface area contributed by atoms with E-state index >= 15 is 0 Å². The first kappa shape index (κ1) is 23.7. The molecule has 0 spiro atoms. The maximum Gasteiger partial charge on any atom is 0.250 e. The van der Waals surface area contributed by atoms with Crippen molar-refractivity contribution >= 4 is 35.0 Å². The lowest BCUT2D eigenvalue weighted by Crippen LogP contribution is -2.26. The molecule has 0 radical (unpaired) electrons. The summed E-state index contributed by atoms with van der Waals surface area (Å²) >= 11 is 7.73. The molecule has 0 saturated carbocycles. The number of rotatable bonds is 5. The predicted molar refractivity (Wildman–Crippen MR) is 127 cm³/mol. The molecule has 1 N–H and O–H groups in total. The van der Waals surface area contributed by atoms with Crippen LogP contribution in [-0.4, -0.2) is 18.7 Å². The molecule has 0 saturated heterocycles. The van der Waals surface area contributed by atoms with Crippen molar-refractivity contribution in [2.24, 2.45) is 10.9 Å². The number of amides is 1. The van der Waals surface area contributed by atoms with E-state index in [9.17, 15) is 4.79 Å². The Bertz CT molecular complexity index is 981. The zero-order chi connectivity index (χ0) is 22.1. The van der Waals surface area contributed by atoms with Gasteiger partial charge in [-0.1, -0.05) is 73.3 Å². The second-order valence-electron chi connectivity index (χ2n) is 6.41. The number of fused-ring (bicyclic) bond motifs is 1. The van der Waals surface area contributed by atoms with E-state index in [1.165, 1.54) is 12.0 Å². The molecule has 156 valence electrons. The largest absolute Gasteiger partial charge is 0.277 e. The van der Waals surface area contributed by atoms with E-state index in [0.29, 0.717) is 0 Å². The van der Waals surface area contributed by atoms with Gasteiger partial charge in [0.05, 0.1) is 24.4 Å². The van der Waals surface area contributed by atoms with Crippen molar-refractivity contribution in [2.75, 3.05) is 7.11 Å².